The van der Waals surface area contributed by atoms with E-state index in [9.17, 15) is 0 Å². The largest absolute Gasteiger partial charge is 0.317 e. The average Bonchev–Trinajstić information content (AvgIpc) is 2.41. The van der Waals surface area contributed by atoms with E-state index in [0.717, 1.165) is 31.1 Å². The molecular formula is C14H22ClN3. The van der Waals surface area contributed by atoms with Crippen LogP contribution in [-0.4, -0.2) is 36.1 Å². The molecule has 0 aromatic carbocycles. The van der Waals surface area contributed by atoms with Gasteiger partial charge in [0.1, 0.15) is 5.15 Å². The van der Waals surface area contributed by atoms with Gasteiger partial charge in [-0.05, 0) is 51.0 Å². The molecule has 0 atom stereocenters. The summed E-state index contributed by atoms with van der Waals surface area (Å²) in [6.45, 7) is 7.67. The van der Waals surface area contributed by atoms with Crippen molar-refractivity contribution in [2.24, 2.45) is 5.92 Å². The summed E-state index contributed by atoms with van der Waals surface area (Å²) in [5, 5.41) is 4.09. The molecule has 4 heteroatoms. The average molecular weight is 268 g/mol. The Kier molecular flexibility index (Phi) is 5.42. The van der Waals surface area contributed by atoms with Crippen molar-refractivity contribution in [1.82, 2.24) is 15.2 Å². The van der Waals surface area contributed by atoms with Crippen LogP contribution in [0.4, 0.5) is 0 Å². The molecule has 2 heterocycles. The summed E-state index contributed by atoms with van der Waals surface area (Å²) >= 11 is 6.09. The topological polar surface area (TPSA) is 28.2 Å². The second kappa shape index (κ2) is 7.07. The molecule has 18 heavy (non-hydrogen) atoms. The number of halogens is 1. The summed E-state index contributed by atoms with van der Waals surface area (Å²) in [5.41, 5.74) is 1.14. The Morgan fingerprint density at radius 2 is 2.22 bits per heavy atom. The quantitative estimate of drug-likeness (QED) is 0.831. The molecule has 0 amide bonds. The van der Waals surface area contributed by atoms with E-state index in [1.54, 1.807) is 6.20 Å². The third kappa shape index (κ3) is 3.94. The zero-order valence-corrected chi connectivity index (χ0v) is 11.8. The first-order chi connectivity index (χ1) is 8.79. The molecule has 0 bridgehead atoms. The normalized spacial score (nSPS) is 18.1. The number of pyridine rings is 1. The lowest BCUT2D eigenvalue weighted by atomic mass is 9.96. The minimum Gasteiger partial charge on any atom is -0.317 e. The van der Waals surface area contributed by atoms with Gasteiger partial charge in [0.2, 0.25) is 0 Å². The molecule has 1 saturated heterocycles. The predicted octanol–water partition coefficient (Wildman–Crippen LogP) is 2.56. The summed E-state index contributed by atoms with van der Waals surface area (Å²) in [7, 11) is 0. The van der Waals surface area contributed by atoms with Crippen molar-refractivity contribution in [3.8, 4) is 0 Å². The summed E-state index contributed by atoms with van der Waals surface area (Å²) in [6.07, 6.45) is 4.31. The Balaban J connectivity index is 1.78. The first kappa shape index (κ1) is 13.8. The molecule has 2 rings (SSSR count). The van der Waals surface area contributed by atoms with Crippen molar-refractivity contribution in [2.45, 2.75) is 26.3 Å². The fraction of sp³-hybridized carbons (Fsp3) is 0.643. The van der Waals surface area contributed by atoms with E-state index >= 15 is 0 Å². The van der Waals surface area contributed by atoms with Crippen molar-refractivity contribution in [1.29, 1.82) is 0 Å². The monoisotopic (exact) mass is 267 g/mol. The van der Waals surface area contributed by atoms with E-state index in [0.29, 0.717) is 5.15 Å². The fourth-order valence-electron chi connectivity index (χ4n) is 2.48. The SMILES string of the molecule is CCNCC1CCN(Cc2cccnc2Cl)CC1. The Morgan fingerprint density at radius 3 is 2.89 bits per heavy atom. The van der Waals surface area contributed by atoms with Crippen LogP contribution in [-0.2, 0) is 6.54 Å². The number of hydrogen-bond donors (Lipinski definition) is 1. The highest BCUT2D eigenvalue weighted by atomic mass is 35.5. The molecular weight excluding hydrogens is 246 g/mol. The Labute approximate surface area is 115 Å². The number of hydrogen-bond acceptors (Lipinski definition) is 3. The molecule has 0 spiro atoms. The maximum absolute atomic E-state index is 6.09. The van der Waals surface area contributed by atoms with Gasteiger partial charge in [-0.15, -0.1) is 0 Å². The smallest absolute Gasteiger partial charge is 0.133 e. The highest BCUT2D eigenvalue weighted by Crippen LogP contribution is 2.20. The first-order valence-electron chi connectivity index (χ1n) is 6.82. The Hall–Kier alpha value is -0.640. The van der Waals surface area contributed by atoms with E-state index in [1.165, 1.54) is 25.9 Å². The van der Waals surface area contributed by atoms with Crippen LogP contribution in [0.15, 0.2) is 18.3 Å². The van der Waals surface area contributed by atoms with Crippen molar-refractivity contribution in [3.63, 3.8) is 0 Å². The van der Waals surface area contributed by atoms with Crippen LogP contribution < -0.4 is 5.32 Å². The maximum Gasteiger partial charge on any atom is 0.133 e. The number of nitrogens with zero attached hydrogens (tertiary/aromatic N) is 2. The zero-order valence-electron chi connectivity index (χ0n) is 11.0. The molecule has 0 unspecified atom stereocenters. The number of rotatable bonds is 5. The van der Waals surface area contributed by atoms with Crippen LogP contribution in [0.3, 0.4) is 0 Å². The molecule has 1 fully saturated rings. The van der Waals surface area contributed by atoms with Crippen LogP contribution in [0, 0.1) is 5.92 Å². The summed E-state index contributed by atoms with van der Waals surface area (Å²) in [4.78, 5) is 6.61. The standard InChI is InChI=1S/C14H22ClN3/c1-2-16-10-12-5-8-18(9-6-12)11-13-4-3-7-17-14(13)15/h3-4,7,12,16H,2,5-6,8-11H2,1H3. The van der Waals surface area contributed by atoms with Crippen LogP contribution in [0.25, 0.3) is 0 Å². The molecule has 1 aliphatic rings. The second-order valence-electron chi connectivity index (χ2n) is 4.98. The summed E-state index contributed by atoms with van der Waals surface area (Å²) < 4.78 is 0. The number of piperidine rings is 1. The first-order valence-corrected chi connectivity index (χ1v) is 7.20. The summed E-state index contributed by atoms with van der Waals surface area (Å²) in [5.74, 6) is 0.838. The van der Waals surface area contributed by atoms with E-state index in [1.807, 2.05) is 6.07 Å². The predicted molar refractivity (Wildman–Crippen MR) is 75.8 cm³/mol. The number of nitrogens with one attached hydrogen (secondary N) is 1. The van der Waals surface area contributed by atoms with Crippen molar-refractivity contribution in [3.05, 3.63) is 29.0 Å². The van der Waals surface area contributed by atoms with Gasteiger partial charge in [0.25, 0.3) is 0 Å². The van der Waals surface area contributed by atoms with Crippen LogP contribution in [0.1, 0.15) is 25.3 Å². The second-order valence-corrected chi connectivity index (χ2v) is 5.34. The van der Waals surface area contributed by atoms with E-state index in [2.05, 4.69) is 28.2 Å². The number of likely N-dealkylation sites (tertiary alicyclic amines) is 1. The molecule has 0 saturated carbocycles. The maximum atomic E-state index is 6.09. The van der Waals surface area contributed by atoms with Crippen LogP contribution in [0.5, 0.6) is 0 Å². The minimum absolute atomic E-state index is 0.646. The van der Waals surface area contributed by atoms with Gasteiger partial charge in [-0.3, -0.25) is 4.90 Å². The molecule has 100 valence electrons. The van der Waals surface area contributed by atoms with Gasteiger partial charge in [0.05, 0.1) is 0 Å². The lowest BCUT2D eigenvalue weighted by molar-refractivity contribution is 0.176. The lowest BCUT2D eigenvalue weighted by Gasteiger charge is -2.32. The van der Waals surface area contributed by atoms with Crippen molar-refractivity contribution < 1.29 is 0 Å². The molecule has 0 radical (unpaired) electrons. The third-order valence-corrected chi connectivity index (χ3v) is 3.96. The molecule has 1 N–H and O–H groups in total. The molecule has 1 aliphatic heterocycles. The van der Waals surface area contributed by atoms with Gasteiger partial charge in [-0.25, -0.2) is 4.98 Å². The van der Waals surface area contributed by atoms with E-state index in [-0.39, 0.29) is 0 Å². The zero-order chi connectivity index (χ0) is 12.8. The summed E-state index contributed by atoms with van der Waals surface area (Å²) in [6, 6.07) is 4.03. The van der Waals surface area contributed by atoms with Crippen molar-refractivity contribution >= 4 is 11.6 Å². The van der Waals surface area contributed by atoms with Gasteiger partial charge in [-0.2, -0.15) is 0 Å². The van der Waals surface area contributed by atoms with Gasteiger partial charge in [0.15, 0.2) is 0 Å². The minimum atomic E-state index is 0.646. The van der Waals surface area contributed by atoms with Gasteiger partial charge >= 0.3 is 0 Å². The highest BCUT2D eigenvalue weighted by molar-refractivity contribution is 6.30. The number of aromatic nitrogens is 1. The Morgan fingerprint density at radius 1 is 1.44 bits per heavy atom. The highest BCUT2D eigenvalue weighted by Gasteiger charge is 2.19. The third-order valence-electron chi connectivity index (χ3n) is 3.62. The van der Waals surface area contributed by atoms with E-state index in [4.69, 9.17) is 11.6 Å². The molecule has 3 nitrogen and oxygen atoms in total. The van der Waals surface area contributed by atoms with Crippen LogP contribution in [0.2, 0.25) is 5.15 Å². The van der Waals surface area contributed by atoms with Gasteiger partial charge in [-0.1, -0.05) is 24.6 Å². The fourth-order valence-corrected chi connectivity index (χ4v) is 2.65. The molecule has 1 aromatic rings. The molecule has 0 aliphatic carbocycles. The lowest BCUT2D eigenvalue weighted by Crippen LogP contribution is -2.36. The van der Waals surface area contributed by atoms with Crippen LogP contribution >= 0.6 is 11.6 Å². The van der Waals surface area contributed by atoms with Gasteiger partial charge < -0.3 is 5.32 Å². The Bertz CT molecular complexity index is 362. The van der Waals surface area contributed by atoms with E-state index < -0.39 is 0 Å². The molecule has 1 aromatic heterocycles. The van der Waals surface area contributed by atoms with Gasteiger partial charge in [0, 0.05) is 18.3 Å². The van der Waals surface area contributed by atoms with Crippen molar-refractivity contribution in [2.75, 3.05) is 26.2 Å².